The van der Waals surface area contributed by atoms with Gasteiger partial charge in [-0.3, -0.25) is 4.79 Å². The second kappa shape index (κ2) is 5.57. The topological polar surface area (TPSA) is 66.8 Å². The Hall–Kier alpha value is -0.870. The van der Waals surface area contributed by atoms with E-state index in [-0.39, 0.29) is 28.8 Å². The van der Waals surface area contributed by atoms with Crippen molar-refractivity contribution in [3.05, 3.63) is 11.6 Å². The number of carbonyl (C=O) groups excluding carboxylic acids is 1. The van der Waals surface area contributed by atoms with Crippen LogP contribution in [-0.2, 0) is 9.53 Å². The molecule has 4 aliphatic carbocycles. The second-order valence-electron chi connectivity index (χ2n) is 10.3. The molecule has 3 fully saturated rings. The lowest BCUT2D eigenvalue weighted by Crippen LogP contribution is -2.66. The lowest BCUT2D eigenvalue weighted by atomic mass is 9.39. The molecule has 2 bridgehead atoms. The summed E-state index contributed by atoms with van der Waals surface area (Å²) in [6.45, 7) is 10.2. The Morgan fingerprint density at radius 2 is 1.92 bits per heavy atom. The van der Waals surface area contributed by atoms with Gasteiger partial charge in [-0.05, 0) is 56.3 Å². The van der Waals surface area contributed by atoms with Gasteiger partial charge in [0.25, 0.3) is 0 Å². The molecule has 3 saturated carbocycles. The maximum atomic E-state index is 11.9. The Morgan fingerprint density at radius 1 is 1.23 bits per heavy atom. The van der Waals surface area contributed by atoms with Crippen LogP contribution in [0.15, 0.2) is 11.6 Å². The minimum absolute atomic E-state index is 0.0844. The average Bonchev–Trinajstić information content (AvgIpc) is 2.71. The number of ether oxygens (including phenoxy) is 1. The van der Waals surface area contributed by atoms with Gasteiger partial charge in [0.2, 0.25) is 0 Å². The first kappa shape index (κ1) is 17.2. The molecule has 0 aromatic rings. The first-order chi connectivity index (χ1) is 12.4. The van der Waals surface area contributed by atoms with Gasteiger partial charge < -0.3 is 14.9 Å². The monoisotopic (exact) mass is 363 g/mol. The van der Waals surface area contributed by atoms with Gasteiger partial charge >= 0.3 is 5.97 Å². The zero-order valence-electron chi connectivity index (χ0n) is 17.7. The maximum absolute atomic E-state index is 11.9. The Morgan fingerprint density at radius 3 is 2.58 bits per heavy atom. The normalized spacial score (nSPS) is 55.3. The molecule has 0 amide bonds. The summed E-state index contributed by atoms with van der Waals surface area (Å²) >= 11 is 0. The molecular formula is C22H34O4. The zero-order valence-corrected chi connectivity index (χ0v) is 16.7. The van der Waals surface area contributed by atoms with Crippen molar-refractivity contribution in [3.63, 3.8) is 0 Å². The summed E-state index contributed by atoms with van der Waals surface area (Å²) in [5.74, 6) is -0.544. The third-order valence-corrected chi connectivity index (χ3v) is 8.64. The number of hydrogen-bond acceptors (Lipinski definition) is 4. The van der Waals surface area contributed by atoms with Crippen LogP contribution in [0.1, 0.15) is 68.1 Å². The van der Waals surface area contributed by atoms with E-state index >= 15 is 0 Å². The van der Waals surface area contributed by atoms with Gasteiger partial charge in [0.1, 0.15) is 6.10 Å². The van der Waals surface area contributed by atoms with E-state index in [9.17, 15) is 15.0 Å². The van der Waals surface area contributed by atoms with Crippen LogP contribution in [0.3, 0.4) is 0 Å². The number of fused-ring (bicyclic) bond motifs is 3. The van der Waals surface area contributed by atoms with E-state index in [1.165, 1.54) is 6.92 Å². The Kier molecular flexibility index (Phi) is 3.70. The molecule has 1 unspecified atom stereocenters. The Labute approximate surface area is 158 Å². The van der Waals surface area contributed by atoms with Gasteiger partial charge in [-0.1, -0.05) is 32.4 Å². The van der Waals surface area contributed by atoms with Crippen molar-refractivity contribution >= 4 is 5.97 Å². The van der Waals surface area contributed by atoms with Gasteiger partial charge in [0.05, 0.1) is 13.6 Å². The van der Waals surface area contributed by atoms with Crippen molar-refractivity contribution in [2.45, 2.75) is 85.0 Å². The summed E-state index contributed by atoms with van der Waals surface area (Å²) in [6, 6.07) is 0. The van der Waals surface area contributed by atoms with Crippen LogP contribution < -0.4 is 0 Å². The highest BCUT2D eigenvalue weighted by molar-refractivity contribution is 5.66. The van der Waals surface area contributed by atoms with Crippen molar-refractivity contribution in [1.82, 2.24) is 0 Å². The van der Waals surface area contributed by atoms with Crippen LogP contribution in [0.4, 0.5) is 0 Å². The van der Waals surface area contributed by atoms with E-state index in [4.69, 9.17) is 6.11 Å². The molecule has 4 nitrogen and oxygen atoms in total. The number of esters is 1. The summed E-state index contributed by atoms with van der Waals surface area (Å²) in [5.41, 5.74) is 0.253. The van der Waals surface area contributed by atoms with Gasteiger partial charge in [0, 0.05) is 23.7 Å². The standard InChI is InChI=1S/C22H34O4/c1-12-11-22-9-6-15-20(3,4)8-7-17(26-13(2)23)21(15,5)16(22)10-14(24)18(12)19(22)25/h11,14-19,24-25H,6-10H2,1-5H3/t14-,15?,16+,17+,18-,19-,21-,22+/m1/s1/i14D. The Balaban J connectivity index is 1.87. The highest BCUT2D eigenvalue weighted by Crippen LogP contribution is 2.70. The molecule has 0 aromatic carbocycles. The van der Waals surface area contributed by atoms with E-state index < -0.39 is 23.5 Å². The van der Waals surface area contributed by atoms with Gasteiger partial charge in [-0.15, -0.1) is 0 Å². The van der Waals surface area contributed by atoms with E-state index in [2.05, 4.69) is 26.8 Å². The van der Waals surface area contributed by atoms with Gasteiger partial charge in [-0.2, -0.15) is 0 Å². The summed E-state index contributed by atoms with van der Waals surface area (Å²) in [5, 5.41) is 22.3. The highest BCUT2D eigenvalue weighted by atomic mass is 16.5. The third-order valence-electron chi connectivity index (χ3n) is 8.64. The highest BCUT2D eigenvalue weighted by Gasteiger charge is 2.69. The largest absolute Gasteiger partial charge is 0.462 e. The van der Waals surface area contributed by atoms with Gasteiger partial charge in [0.15, 0.2) is 0 Å². The summed E-state index contributed by atoms with van der Waals surface area (Å²) < 4.78 is 14.5. The van der Waals surface area contributed by atoms with E-state index in [0.717, 1.165) is 31.3 Å². The van der Waals surface area contributed by atoms with Crippen LogP contribution in [0.5, 0.6) is 0 Å². The number of rotatable bonds is 1. The molecule has 4 rings (SSSR count). The molecule has 4 aliphatic rings. The minimum Gasteiger partial charge on any atom is -0.462 e. The van der Waals surface area contributed by atoms with Crippen molar-refractivity contribution in [2.75, 3.05) is 0 Å². The second-order valence-corrected chi connectivity index (χ2v) is 10.3. The third kappa shape index (κ3) is 2.18. The average molecular weight is 364 g/mol. The maximum Gasteiger partial charge on any atom is 0.302 e. The molecule has 0 heterocycles. The van der Waals surface area contributed by atoms with Crippen LogP contribution in [0.2, 0.25) is 0 Å². The van der Waals surface area contributed by atoms with E-state index in [1.54, 1.807) is 0 Å². The molecule has 1 spiro atoms. The predicted octanol–water partition coefficient (Wildman–Crippen LogP) is 3.46. The van der Waals surface area contributed by atoms with Crippen molar-refractivity contribution < 1.29 is 21.1 Å². The smallest absolute Gasteiger partial charge is 0.302 e. The zero-order chi connectivity index (χ0) is 20.0. The summed E-state index contributed by atoms with van der Waals surface area (Å²) in [4.78, 5) is 11.9. The number of aliphatic hydroxyl groups excluding tert-OH is 1. The molecule has 2 N–H and O–H groups in total. The van der Waals surface area contributed by atoms with Crippen molar-refractivity contribution in [3.8, 4) is 0 Å². The summed E-state index contributed by atoms with van der Waals surface area (Å²) in [6.07, 6.45) is 3.47. The van der Waals surface area contributed by atoms with Crippen molar-refractivity contribution in [2.24, 2.45) is 34.0 Å². The number of hydrogen-bond donors (Lipinski definition) is 2. The van der Waals surface area contributed by atoms with E-state index in [0.29, 0.717) is 12.3 Å². The predicted molar refractivity (Wildman–Crippen MR) is 99.2 cm³/mol. The van der Waals surface area contributed by atoms with Crippen LogP contribution in [0, 0.1) is 34.0 Å². The molecule has 0 aromatic heterocycles. The van der Waals surface area contributed by atoms with Gasteiger partial charge in [-0.25, -0.2) is 0 Å². The molecule has 26 heavy (non-hydrogen) atoms. The molecule has 0 aliphatic heterocycles. The molecule has 4 heteroatoms. The van der Waals surface area contributed by atoms with Crippen LogP contribution in [0.25, 0.3) is 0 Å². The van der Waals surface area contributed by atoms with E-state index in [1.807, 2.05) is 6.92 Å². The number of aliphatic hydroxyl groups is 2. The van der Waals surface area contributed by atoms with Crippen molar-refractivity contribution in [1.29, 1.82) is 0 Å². The first-order valence-electron chi connectivity index (χ1n) is 10.6. The molecule has 146 valence electrons. The Bertz CT molecular complexity index is 698. The quantitative estimate of drug-likeness (QED) is 0.553. The molecule has 8 atom stereocenters. The fourth-order valence-electron chi connectivity index (χ4n) is 7.63. The van der Waals surface area contributed by atoms with Crippen LogP contribution >= 0.6 is 0 Å². The molecular weight excluding hydrogens is 328 g/mol. The number of carbonyl (C=O) groups is 1. The molecule has 0 saturated heterocycles. The lowest BCUT2D eigenvalue weighted by molar-refractivity contribution is -0.235. The first-order valence-corrected chi connectivity index (χ1v) is 10.1. The lowest BCUT2D eigenvalue weighted by Gasteiger charge is -2.66. The fraction of sp³-hybridized carbons (Fsp3) is 0.864. The molecule has 0 radical (unpaired) electrons. The minimum atomic E-state index is -1.68. The fourth-order valence-corrected chi connectivity index (χ4v) is 7.63. The summed E-state index contributed by atoms with van der Waals surface area (Å²) in [7, 11) is 0. The van der Waals surface area contributed by atoms with Crippen LogP contribution in [-0.4, -0.2) is 34.5 Å². The SMILES string of the molecule is [2H][C@@]1(O)C[C@@H]2[C@@]3(C=C(C)[C@H]1[C@H]3O)CCC1C(C)(C)CC[C@H](OC(C)=O)[C@]12C.